The van der Waals surface area contributed by atoms with Gasteiger partial charge in [0.05, 0.1) is 18.5 Å². The largest absolute Gasteiger partial charge is 0.367 e. The molecule has 10 heteroatoms. The second kappa shape index (κ2) is 5.62. The van der Waals surface area contributed by atoms with Crippen LogP contribution in [0.15, 0.2) is 29.5 Å². The summed E-state index contributed by atoms with van der Waals surface area (Å²) in [5.74, 6) is 0. The average molecular weight is 324 g/mol. The molecule has 0 aromatic carbocycles. The Bertz CT molecular complexity index is 928. The maximum Gasteiger partial charge on any atom is 0.350 e. The first-order valence-electron chi connectivity index (χ1n) is 6.40. The van der Waals surface area contributed by atoms with Crippen LogP contribution in [0.3, 0.4) is 0 Å². The summed E-state index contributed by atoms with van der Waals surface area (Å²) in [6.07, 6.45) is 2.43. The summed E-state index contributed by atoms with van der Waals surface area (Å²) in [4.78, 5) is 40.3. The van der Waals surface area contributed by atoms with Crippen molar-refractivity contribution in [2.45, 2.75) is 6.54 Å². The van der Waals surface area contributed by atoms with E-state index in [4.69, 9.17) is 14.5 Å². The standard InChI is InChI=1S/C12H13N4O5P/c17-12-9-10(8-2-1-3-13-11(8)15-12)16(6-14-9)4-5-21-7-22(18,19)20/h1-3,6H,4-5,7H2,(H,13,15,17)(H2,18,19,20). The molecule has 0 amide bonds. The number of ether oxygens (including phenoxy) is 1. The first-order valence-corrected chi connectivity index (χ1v) is 8.19. The molecule has 22 heavy (non-hydrogen) atoms. The van der Waals surface area contributed by atoms with Crippen LogP contribution in [0.5, 0.6) is 0 Å². The van der Waals surface area contributed by atoms with E-state index in [1.54, 1.807) is 16.8 Å². The molecule has 0 radical (unpaired) electrons. The van der Waals surface area contributed by atoms with Crippen molar-refractivity contribution in [2.75, 3.05) is 13.0 Å². The number of pyridine rings is 2. The van der Waals surface area contributed by atoms with Crippen molar-refractivity contribution in [1.82, 2.24) is 19.5 Å². The Hall–Kier alpha value is -2.06. The second-order valence-electron chi connectivity index (χ2n) is 4.69. The fourth-order valence-corrected chi connectivity index (χ4v) is 2.58. The van der Waals surface area contributed by atoms with E-state index in [0.717, 1.165) is 5.39 Å². The molecular formula is C12H13N4O5P. The van der Waals surface area contributed by atoms with Gasteiger partial charge in [0.1, 0.15) is 12.0 Å². The maximum atomic E-state index is 12.0. The monoisotopic (exact) mass is 324 g/mol. The topological polar surface area (TPSA) is 130 Å². The van der Waals surface area contributed by atoms with Gasteiger partial charge in [-0.05, 0) is 12.1 Å². The highest BCUT2D eigenvalue weighted by molar-refractivity contribution is 7.51. The van der Waals surface area contributed by atoms with Crippen LogP contribution in [0.2, 0.25) is 0 Å². The smallest absolute Gasteiger partial charge is 0.350 e. The average Bonchev–Trinajstić information content (AvgIpc) is 2.88. The van der Waals surface area contributed by atoms with Gasteiger partial charge in [-0.15, -0.1) is 0 Å². The SMILES string of the molecule is O=c1[nH]c2ncccc2c2c1ncn2CCOCP(=O)(O)O. The number of nitrogens with zero attached hydrogens (tertiary/aromatic N) is 3. The number of nitrogens with one attached hydrogen (secondary N) is 1. The van der Waals surface area contributed by atoms with Crippen LogP contribution in [0, 0.1) is 0 Å². The van der Waals surface area contributed by atoms with Crippen molar-refractivity contribution >= 4 is 29.7 Å². The van der Waals surface area contributed by atoms with E-state index in [9.17, 15) is 9.36 Å². The van der Waals surface area contributed by atoms with E-state index in [2.05, 4.69) is 15.0 Å². The van der Waals surface area contributed by atoms with Crippen molar-refractivity contribution in [3.8, 4) is 0 Å². The summed E-state index contributed by atoms with van der Waals surface area (Å²) in [6, 6.07) is 3.57. The molecule has 0 aliphatic rings. The number of rotatable bonds is 5. The minimum atomic E-state index is -4.18. The zero-order valence-corrected chi connectivity index (χ0v) is 12.2. The molecule has 9 nitrogen and oxygen atoms in total. The zero-order valence-electron chi connectivity index (χ0n) is 11.3. The van der Waals surface area contributed by atoms with Gasteiger partial charge in [-0.1, -0.05) is 0 Å². The van der Waals surface area contributed by atoms with E-state index in [1.165, 1.54) is 6.33 Å². The molecule has 0 saturated heterocycles. The van der Waals surface area contributed by atoms with E-state index in [-0.39, 0.29) is 17.7 Å². The molecule has 3 aromatic heterocycles. The van der Waals surface area contributed by atoms with Crippen molar-refractivity contribution in [3.05, 3.63) is 35.0 Å². The molecule has 0 aliphatic heterocycles. The van der Waals surface area contributed by atoms with Crippen LogP contribution in [-0.4, -0.2) is 42.3 Å². The van der Waals surface area contributed by atoms with Crippen LogP contribution in [0.25, 0.3) is 22.1 Å². The normalized spacial score (nSPS) is 12.3. The zero-order chi connectivity index (χ0) is 15.7. The highest BCUT2D eigenvalue weighted by Crippen LogP contribution is 2.33. The molecule has 0 spiro atoms. The van der Waals surface area contributed by atoms with Gasteiger partial charge in [0.2, 0.25) is 0 Å². The fourth-order valence-electron chi connectivity index (χ4n) is 2.21. The van der Waals surface area contributed by atoms with Crippen molar-refractivity contribution in [2.24, 2.45) is 0 Å². The Morgan fingerprint density at radius 3 is 2.95 bits per heavy atom. The number of imidazole rings is 1. The third-order valence-corrected chi connectivity index (χ3v) is 3.60. The number of hydrogen-bond acceptors (Lipinski definition) is 5. The summed E-state index contributed by atoms with van der Waals surface area (Å²) < 4.78 is 17.4. The summed E-state index contributed by atoms with van der Waals surface area (Å²) in [7, 11) is -4.18. The fraction of sp³-hybridized carbons (Fsp3) is 0.250. The van der Waals surface area contributed by atoms with Gasteiger partial charge in [-0.2, -0.15) is 0 Å². The van der Waals surface area contributed by atoms with Gasteiger partial charge in [0, 0.05) is 18.1 Å². The second-order valence-corrected chi connectivity index (χ2v) is 6.28. The third kappa shape index (κ3) is 2.93. The molecule has 0 atom stereocenters. The number of fused-ring (bicyclic) bond motifs is 3. The Morgan fingerprint density at radius 1 is 1.36 bits per heavy atom. The van der Waals surface area contributed by atoms with Crippen LogP contribution >= 0.6 is 7.60 Å². The van der Waals surface area contributed by atoms with E-state index in [0.29, 0.717) is 17.7 Å². The number of aromatic amines is 1. The predicted octanol–water partition coefficient (Wildman–Crippen LogP) is 0.425. The van der Waals surface area contributed by atoms with Gasteiger partial charge >= 0.3 is 7.60 Å². The minimum Gasteiger partial charge on any atom is -0.367 e. The first-order chi connectivity index (χ1) is 10.5. The maximum absolute atomic E-state index is 12.0. The highest BCUT2D eigenvalue weighted by atomic mass is 31.2. The predicted molar refractivity (Wildman–Crippen MR) is 78.5 cm³/mol. The van der Waals surface area contributed by atoms with Crippen molar-refractivity contribution in [3.63, 3.8) is 0 Å². The quantitative estimate of drug-likeness (QED) is 0.458. The first kappa shape index (κ1) is 14.9. The Labute approximate surface area is 123 Å². The molecule has 3 heterocycles. The Morgan fingerprint density at radius 2 is 2.18 bits per heavy atom. The summed E-state index contributed by atoms with van der Waals surface area (Å²) in [5.41, 5.74) is 1.02. The lowest BCUT2D eigenvalue weighted by atomic mass is 10.2. The molecule has 0 aliphatic carbocycles. The molecule has 0 bridgehead atoms. The lowest BCUT2D eigenvalue weighted by molar-refractivity contribution is 0.149. The van der Waals surface area contributed by atoms with Crippen LogP contribution in [-0.2, 0) is 15.8 Å². The van der Waals surface area contributed by atoms with Gasteiger partial charge in [0.15, 0.2) is 5.52 Å². The van der Waals surface area contributed by atoms with Gasteiger partial charge in [-0.25, -0.2) is 9.97 Å². The van der Waals surface area contributed by atoms with E-state index < -0.39 is 13.9 Å². The molecular weight excluding hydrogens is 311 g/mol. The van der Waals surface area contributed by atoms with Crippen molar-refractivity contribution < 1.29 is 19.1 Å². The Kier molecular flexibility index (Phi) is 3.79. The molecule has 3 rings (SSSR count). The van der Waals surface area contributed by atoms with Gasteiger partial charge in [0.25, 0.3) is 5.56 Å². The van der Waals surface area contributed by atoms with Crippen LogP contribution in [0.1, 0.15) is 0 Å². The van der Waals surface area contributed by atoms with E-state index >= 15 is 0 Å². The minimum absolute atomic E-state index is 0.0884. The molecule has 0 unspecified atom stereocenters. The lowest BCUT2D eigenvalue weighted by Gasteiger charge is -2.08. The summed E-state index contributed by atoms with van der Waals surface area (Å²) >= 11 is 0. The van der Waals surface area contributed by atoms with Crippen molar-refractivity contribution in [1.29, 1.82) is 0 Å². The third-order valence-electron chi connectivity index (χ3n) is 3.08. The van der Waals surface area contributed by atoms with Gasteiger partial charge in [-0.3, -0.25) is 9.36 Å². The molecule has 0 saturated carbocycles. The highest BCUT2D eigenvalue weighted by Gasteiger charge is 2.14. The molecule has 3 N–H and O–H groups in total. The Balaban J connectivity index is 1.94. The summed E-state index contributed by atoms with van der Waals surface area (Å²) in [6.45, 7) is 0.398. The number of H-pyrrole nitrogens is 1. The molecule has 3 aromatic rings. The number of hydrogen-bond donors (Lipinski definition) is 3. The summed E-state index contributed by atoms with van der Waals surface area (Å²) in [5, 5.41) is 0.740. The van der Waals surface area contributed by atoms with E-state index in [1.807, 2.05) is 6.07 Å². The van der Waals surface area contributed by atoms with Crippen LogP contribution < -0.4 is 5.56 Å². The van der Waals surface area contributed by atoms with Crippen LogP contribution in [0.4, 0.5) is 0 Å². The molecule has 116 valence electrons. The lowest BCUT2D eigenvalue weighted by Crippen LogP contribution is -2.10. The van der Waals surface area contributed by atoms with Gasteiger partial charge < -0.3 is 24.1 Å². The molecule has 0 fully saturated rings. The number of aromatic nitrogens is 4.